The van der Waals surface area contributed by atoms with Crippen molar-refractivity contribution in [2.45, 2.75) is 18.9 Å². The number of aldehydes is 1. The largest absolute Gasteiger partial charge is 0.416 e. The quantitative estimate of drug-likeness (QED) is 0.109. The molecule has 2 aromatic heterocycles. The highest BCUT2D eigenvalue weighted by molar-refractivity contribution is 6.35. The van der Waals surface area contributed by atoms with E-state index in [4.69, 9.17) is 16.1 Å². The summed E-state index contributed by atoms with van der Waals surface area (Å²) in [6.45, 7) is -0.577. The summed E-state index contributed by atoms with van der Waals surface area (Å²) in [6, 6.07) is 15.3. The Balaban J connectivity index is 1.69. The van der Waals surface area contributed by atoms with E-state index in [0.717, 1.165) is 4.68 Å². The van der Waals surface area contributed by atoms with Gasteiger partial charge in [-0.1, -0.05) is 64.4 Å². The fourth-order valence-electron chi connectivity index (χ4n) is 4.29. The third-order valence-electron chi connectivity index (χ3n) is 6.15. The van der Waals surface area contributed by atoms with Gasteiger partial charge in [-0.05, 0) is 35.9 Å². The summed E-state index contributed by atoms with van der Waals surface area (Å²) in [5, 5.41) is 11.7. The zero-order valence-electron chi connectivity index (χ0n) is 20.9. The van der Waals surface area contributed by atoms with Gasteiger partial charge < -0.3 is 4.52 Å². The van der Waals surface area contributed by atoms with Crippen LogP contribution in [0.1, 0.15) is 43.1 Å². The molecule has 0 unspecified atom stereocenters. The first-order chi connectivity index (χ1) is 19.9. The summed E-state index contributed by atoms with van der Waals surface area (Å²) in [5.41, 5.74) is -3.71. The Bertz CT molecular complexity index is 1760. The predicted molar refractivity (Wildman–Crippen MR) is 137 cm³/mol. The molecule has 0 spiro atoms. The van der Waals surface area contributed by atoms with Crippen molar-refractivity contribution in [1.29, 1.82) is 0 Å². The number of benzene rings is 3. The van der Waals surface area contributed by atoms with Crippen LogP contribution in [-0.2, 0) is 18.9 Å². The summed E-state index contributed by atoms with van der Waals surface area (Å²) in [4.78, 5) is 25.3. The van der Waals surface area contributed by atoms with E-state index in [2.05, 4.69) is 15.5 Å². The van der Waals surface area contributed by atoms with E-state index in [1.54, 1.807) is 42.5 Å². The van der Waals surface area contributed by atoms with Crippen molar-refractivity contribution in [3.8, 4) is 22.7 Å². The van der Waals surface area contributed by atoms with E-state index >= 15 is 0 Å². The molecule has 3 aromatic carbocycles. The Labute approximate surface area is 237 Å². The molecule has 0 N–H and O–H groups in total. The molecule has 0 bridgehead atoms. The molecule has 0 aliphatic rings. The minimum Gasteiger partial charge on any atom is -0.353 e. The number of halogens is 7. The molecular weight excluding hydrogens is 590 g/mol. The van der Waals surface area contributed by atoms with Crippen molar-refractivity contribution in [1.82, 2.24) is 20.2 Å². The van der Waals surface area contributed by atoms with Gasteiger partial charge in [-0.2, -0.15) is 26.3 Å². The maximum atomic E-state index is 13.5. The van der Waals surface area contributed by atoms with Crippen molar-refractivity contribution >= 4 is 23.7 Å². The van der Waals surface area contributed by atoms with Crippen LogP contribution in [0.3, 0.4) is 0 Å². The van der Waals surface area contributed by atoms with Crippen molar-refractivity contribution in [3.63, 3.8) is 0 Å². The Kier molecular flexibility index (Phi) is 7.45. The van der Waals surface area contributed by atoms with E-state index in [1.165, 1.54) is 12.1 Å². The molecule has 42 heavy (non-hydrogen) atoms. The topological polar surface area (TPSA) is 90.9 Å². The molecule has 0 aliphatic carbocycles. The maximum Gasteiger partial charge on any atom is 0.416 e. The lowest BCUT2D eigenvalue weighted by Crippen LogP contribution is -2.13. The van der Waals surface area contributed by atoms with Gasteiger partial charge in [0.1, 0.15) is 11.3 Å². The molecule has 5 aromatic rings. The number of carbonyl (C=O) groups is 2. The molecule has 214 valence electrons. The van der Waals surface area contributed by atoms with Gasteiger partial charge in [0.25, 0.3) is 0 Å². The van der Waals surface area contributed by atoms with Crippen molar-refractivity contribution in [3.05, 3.63) is 111 Å². The van der Waals surface area contributed by atoms with E-state index in [9.17, 15) is 35.9 Å². The minimum absolute atomic E-state index is 0.0176. The number of rotatable bonds is 7. The second kappa shape index (κ2) is 10.9. The number of aromatic nitrogens is 4. The molecule has 7 nitrogen and oxygen atoms in total. The minimum atomic E-state index is -5.05. The predicted octanol–water partition coefficient (Wildman–Crippen LogP) is 7.38. The van der Waals surface area contributed by atoms with Gasteiger partial charge in [0, 0.05) is 11.1 Å². The fourth-order valence-corrected chi connectivity index (χ4v) is 4.51. The average molecular weight is 605 g/mol. The van der Waals surface area contributed by atoms with E-state index in [1.807, 2.05) is 0 Å². The zero-order valence-corrected chi connectivity index (χ0v) is 21.6. The Hall–Kier alpha value is -4.78. The molecule has 0 atom stereocenters. The SMILES string of the molecule is O=Cc1noc(-c2nnn(Cc3cc(C(F)(F)F)cc(C(F)(F)F)c3)c2-c2ccccc2)c1C(=O)c1ccccc1Cl. The molecule has 5 rings (SSSR count). The number of hydrogen-bond acceptors (Lipinski definition) is 6. The van der Waals surface area contributed by atoms with Crippen LogP contribution in [0.2, 0.25) is 5.02 Å². The standard InChI is InChI=1S/C28H15ClF6N4O3/c29-20-9-5-4-8-19(20)25(41)22-21(14-40)37-42-26(22)23-24(16-6-2-1-3-7-16)39(38-36-23)13-15-10-17(27(30,31)32)12-18(11-15)28(33,34)35/h1-12,14H,13H2. The molecule has 0 amide bonds. The monoisotopic (exact) mass is 604 g/mol. The van der Waals surface area contributed by atoms with Crippen LogP contribution in [0.4, 0.5) is 26.3 Å². The van der Waals surface area contributed by atoms with Gasteiger partial charge in [0.2, 0.25) is 11.5 Å². The van der Waals surface area contributed by atoms with Crippen LogP contribution in [0.15, 0.2) is 77.3 Å². The number of ketones is 1. The molecule has 0 fully saturated rings. The van der Waals surface area contributed by atoms with Crippen LogP contribution < -0.4 is 0 Å². The highest BCUT2D eigenvalue weighted by atomic mass is 35.5. The summed E-state index contributed by atoms with van der Waals surface area (Å²) >= 11 is 6.19. The molecule has 0 aliphatic heterocycles. The number of hydrogen-bond donors (Lipinski definition) is 0. The Morgan fingerprint density at radius 3 is 2.12 bits per heavy atom. The smallest absolute Gasteiger partial charge is 0.353 e. The van der Waals surface area contributed by atoms with Crippen molar-refractivity contribution in [2.24, 2.45) is 0 Å². The summed E-state index contributed by atoms with van der Waals surface area (Å²) < 4.78 is 87.3. The zero-order chi connectivity index (χ0) is 30.2. The lowest BCUT2D eigenvalue weighted by molar-refractivity contribution is -0.143. The van der Waals surface area contributed by atoms with E-state index in [-0.39, 0.29) is 56.9 Å². The maximum absolute atomic E-state index is 13.5. The van der Waals surface area contributed by atoms with E-state index < -0.39 is 35.8 Å². The summed E-state index contributed by atoms with van der Waals surface area (Å²) in [7, 11) is 0. The van der Waals surface area contributed by atoms with Crippen LogP contribution in [-0.4, -0.2) is 32.2 Å². The van der Waals surface area contributed by atoms with Gasteiger partial charge in [0.15, 0.2) is 17.7 Å². The van der Waals surface area contributed by atoms with Crippen LogP contribution >= 0.6 is 11.6 Å². The highest BCUT2D eigenvalue weighted by Gasteiger charge is 2.37. The van der Waals surface area contributed by atoms with Gasteiger partial charge in [-0.3, -0.25) is 9.59 Å². The summed E-state index contributed by atoms with van der Waals surface area (Å²) in [6.07, 6.45) is -9.82. The van der Waals surface area contributed by atoms with Gasteiger partial charge in [-0.25, -0.2) is 4.68 Å². The molecular formula is C28H15ClF6N4O3. The van der Waals surface area contributed by atoms with E-state index in [0.29, 0.717) is 17.7 Å². The van der Waals surface area contributed by atoms with Gasteiger partial charge in [-0.15, -0.1) is 5.10 Å². The molecule has 0 radical (unpaired) electrons. The molecule has 2 heterocycles. The highest BCUT2D eigenvalue weighted by Crippen LogP contribution is 2.38. The normalized spacial score (nSPS) is 12.0. The number of nitrogens with zero attached hydrogens (tertiary/aromatic N) is 4. The second-order valence-corrected chi connectivity index (χ2v) is 9.33. The molecule has 0 saturated carbocycles. The molecule has 14 heteroatoms. The first-order valence-electron chi connectivity index (χ1n) is 11.9. The number of carbonyl (C=O) groups excluding carboxylic acids is 2. The summed E-state index contributed by atoms with van der Waals surface area (Å²) in [5.74, 6) is -1.03. The fraction of sp³-hybridized carbons (Fsp3) is 0.107. The van der Waals surface area contributed by atoms with Crippen LogP contribution in [0.5, 0.6) is 0 Å². The first-order valence-corrected chi connectivity index (χ1v) is 12.3. The lowest BCUT2D eigenvalue weighted by atomic mass is 9.98. The third-order valence-corrected chi connectivity index (χ3v) is 6.48. The lowest BCUT2D eigenvalue weighted by Gasteiger charge is -2.15. The average Bonchev–Trinajstić information content (AvgIpc) is 3.56. The van der Waals surface area contributed by atoms with Crippen LogP contribution in [0, 0.1) is 0 Å². The number of alkyl halides is 6. The van der Waals surface area contributed by atoms with Gasteiger partial charge >= 0.3 is 12.4 Å². The molecule has 0 saturated heterocycles. The van der Waals surface area contributed by atoms with Crippen molar-refractivity contribution < 1.29 is 40.5 Å². The second-order valence-electron chi connectivity index (χ2n) is 8.92. The van der Waals surface area contributed by atoms with Crippen LogP contribution in [0.25, 0.3) is 22.7 Å². The Morgan fingerprint density at radius 2 is 1.52 bits per heavy atom. The van der Waals surface area contributed by atoms with Gasteiger partial charge in [0.05, 0.1) is 22.7 Å². The Morgan fingerprint density at radius 1 is 0.905 bits per heavy atom. The van der Waals surface area contributed by atoms with Crippen molar-refractivity contribution in [2.75, 3.05) is 0 Å². The first kappa shape index (κ1) is 28.7. The third kappa shape index (κ3) is 5.55.